The topological polar surface area (TPSA) is 59.5 Å². The number of hydrogen-bond acceptors (Lipinski definition) is 7. The first-order chi connectivity index (χ1) is 17.4. The summed E-state index contributed by atoms with van der Waals surface area (Å²) in [6.45, 7) is 15.0. The molecule has 7 heteroatoms. The number of rotatable bonds is 9. The minimum Gasteiger partial charge on any atom is -0.379 e. The van der Waals surface area contributed by atoms with Gasteiger partial charge < -0.3 is 19.6 Å². The number of ketones is 1. The summed E-state index contributed by atoms with van der Waals surface area (Å²) in [5, 5.41) is 10.4. The highest BCUT2D eigenvalue weighted by molar-refractivity contribution is 6.02. The van der Waals surface area contributed by atoms with Gasteiger partial charge in [-0.1, -0.05) is 60.7 Å². The highest BCUT2D eigenvalue weighted by atomic mass is 16.5. The zero-order valence-electron chi connectivity index (χ0n) is 22.3. The number of likely N-dealkylation sites (N-methyl/N-ethyl adjacent to an activating group) is 2. The summed E-state index contributed by atoms with van der Waals surface area (Å²) < 4.78 is 5.78. The van der Waals surface area contributed by atoms with Crippen LogP contribution in [0.2, 0.25) is 0 Å². The summed E-state index contributed by atoms with van der Waals surface area (Å²) in [7, 11) is 4.40. The minimum absolute atomic E-state index is 0.288. The third-order valence-electron chi connectivity index (χ3n) is 7.11. The van der Waals surface area contributed by atoms with E-state index in [1.807, 2.05) is 24.3 Å². The van der Waals surface area contributed by atoms with Gasteiger partial charge in [0.2, 0.25) is 0 Å². The van der Waals surface area contributed by atoms with E-state index in [9.17, 15) is 9.90 Å². The number of hydrogen-bond donors (Lipinski definition) is 1. The average Bonchev–Trinajstić information content (AvgIpc) is 2.91. The second-order valence-corrected chi connectivity index (χ2v) is 10.0. The van der Waals surface area contributed by atoms with Crippen molar-refractivity contribution in [1.82, 2.24) is 19.6 Å². The zero-order valence-corrected chi connectivity index (χ0v) is 22.3. The lowest BCUT2D eigenvalue weighted by atomic mass is 9.88. The Morgan fingerprint density at radius 2 is 1.17 bits per heavy atom. The quantitative estimate of drug-likeness (QED) is 0.422. The SMILES string of the molecule is CC(O)(C(=O)c1ccccc1)c1ccccc1.CN1CCN(CCOCCN2CCN(C)CC2)CC1. The van der Waals surface area contributed by atoms with Gasteiger partial charge in [-0.15, -0.1) is 0 Å². The van der Waals surface area contributed by atoms with Crippen molar-refractivity contribution in [3.63, 3.8) is 0 Å². The third-order valence-corrected chi connectivity index (χ3v) is 7.11. The molecule has 0 aliphatic carbocycles. The molecule has 0 aromatic heterocycles. The molecule has 2 aromatic carbocycles. The maximum absolute atomic E-state index is 12.2. The van der Waals surface area contributed by atoms with Crippen LogP contribution < -0.4 is 0 Å². The van der Waals surface area contributed by atoms with Gasteiger partial charge >= 0.3 is 0 Å². The monoisotopic (exact) mass is 496 g/mol. The van der Waals surface area contributed by atoms with Gasteiger partial charge in [-0.05, 0) is 26.6 Å². The number of ether oxygens (including phenoxy) is 1. The van der Waals surface area contributed by atoms with Crippen LogP contribution in [-0.4, -0.2) is 123 Å². The van der Waals surface area contributed by atoms with Crippen LogP contribution in [0.5, 0.6) is 0 Å². The number of benzene rings is 2. The van der Waals surface area contributed by atoms with E-state index in [2.05, 4.69) is 33.7 Å². The van der Waals surface area contributed by atoms with Crippen molar-refractivity contribution in [2.45, 2.75) is 12.5 Å². The molecule has 2 saturated heterocycles. The van der Waals surface area contributed by atoms with Crippen molar-refractivity contribution in [3.05, 3.63) is 71.8 Å². The standard InChI is InChI=1S/C15H14O2.C14H30N4O/c1-15(17,13-10-6-3-7-11-13)14(16)12-8-4-2-5-9-12;1-15-3-7-17(8-4-15)11-13-19-14-12-18-9-5-16(2)6-10-18/h2-11,17H,1H3;3-14H2,1-2H3. The third kappa shape index (κ3) is 9.07. The molecule has 2 aliphatic heterocycles. The Morgan fingerprint density at radius 1 is 0.750 bits per heavy atom. The Labute approximate surface area is 217 Å². The van der Waals surface area contributed by atoms with Crippen LogP contribution in [0.15, 0.2) is 60.7 Å². The Bertz CT molecular complexity index is 854. The highest BCUT2D eigenvalue weighted by Gasteiger charge is 2.32. The molecule has 1 unspecified atom stereocenters. The molecule has 2 aromatic rings. The fraction of sp³-hybridized carbons (Fsp3) is 0.552. The van der Waals surface area contributed by atoms with E-state index >= 15 is 0 Å². The van der Waals surface area contributed by atoms with Crippen LogP contribution >= 0.6 is 0 Å². The Hall–Kier alpha value is -2.13. The molecule has 36 heavy (non-hydrogen) atoms. The molecule has 198 valence electrons. The summed E-state index contributed by atoms with van der Waals surface area (Å²) in [6.07, 6.45) is 0. The van der Waals surface area contributed by atoms with Gasteiger partial charge in [-0.3, -0.25) is 14.6 Å². The molecule has 0 amide bonds. The summed E-state index contributed by atoms with van der Waals surface area (Å²) in [6, 6.07) is 17.8. The number of nitrogens with zero attached hydrogens (tertiary/aromatic N) is 4. The molecule has 2 fully saturated rings. The Morgan fingerprint density at radius 3 is 1.61 bits per heavy atom. The maximum Gasteiger partial charge on any atom is 0.198 e. The van der Waals surface area contributed by atoms with Gasteiger partial charge in [0.1, 0.15) is 5.60 Å². The largest absolute Gasteiger partial charge is 0.379 e. The molecular formula is C29H44N4O3. The van der Waals surface area contributed by atoms with E-state index in [0.29, 0.717) is 11.1 Å². The second kappa shape index (κ2) is 14.6. The number of aliphatic hydroxyl groups is 1. The minimum atomic E-state index is -1.48. The zero-order chi connectivity index (χ0) is 25.8. The molecule has 4 rings (SSSR count). The molecule has 1 N–H and O–H groups in total. The van der Waals surface area contributed by atoms with Gasteiger partial charge in [-0.25, -0.2) is 0 Å². The number of carbonyl (C=O) groups is 1. The first-order valence-corrected chi connectivity index (χ1v) is 13.1. The van der Waals surface area contributed by atoms with E-state index in [-0.39, 0.29) is 5.78 Å². The molecule has 2 heterocycles. The lowest BCUT2D eigenvalue weighted by molar-refractivity contribution is 0.0392. The van der Waals surface area contributed by atoms with Crippen molar-refractivity contribution < 1.29 is 14.6 Å². The predicted molar refractivity (Wildman–Crippen MR) is 145 cm³/mol. The molecule has 0 spiro atoms. The van der Waals surface area contributed by atoms with Crippen LogP contribution in [0.25, 0.3) is 0 Å². The molecule has 1 atom stereocenters. The number of carbonyl (C=O) groups excluding carboxylic acids is 1. The average molecular weight is 497 g/mol. The predicted octanol–water partition coefficient (Wildman–Crippen LogP) is 2.27. The lowest BCUT2D eigenvalue weighted by Gasteiger charge is -2.33. The van der Waals surface area contributed by atoms with E-state index in [1.165, 1.54) is 59.3 Å². The van der Waals surface area contributed by atoms with E-state index in [0.717, 1.165) is 26.3 Å². The lowest BCUT2D eigenvalue weighted by Crippen LogP contribution is -2.46. The second-order valence-electron chi connectivity index (χ2n) is 10.0. The van der Waals surface area contributed by atoms with Gasteiger partial charge in [0.25, 0.3) is 0 Å². The maximum atomic E-state index is 12.2. The van der Waals surface area contributed by atoms with Crippen LogP contribution in [-0.2, 0) is 10.3 Å². The van der Waals surface area contributed by atoms with Crippen LogP contribution in [0.3, 0.4) is 0 Å². The van der Waals surface area contributed by atoms with E-state index in [4.69, 9.17) is 4.74 Å². The van der Waals surface area contributed by atoms with Crippen LogP contribution in [0.1, 0.15) is 22.8 Å². The molecule has 0 radical (unpaired) electrons. The summed E-state index contributed by atoms with van der Waals surface area (Å²) in [5.74, 6) is -0.288. The number of piperazine rings is 2. The van der Waals surface area contributed by atoms with Crippen molar-refractivity contribution in [3.8, 4) is 0 Å². The van der Waals surface area contributed by atoms with Crippen LogP contribution in [0.4, 0.5) is 0 Å². The first-order valence-electron chi connectivity index (χ1n) is 13.1. The van der Waals surface area contributed by atoms with Crippen molar-refractivity contribution in [2.24, 2.45) is 0 Å². The summed E-state index contributed by atoms with van der Waals surface area (Å²) >= 11 is 0. The first kappa shape index (κ1) is 28.4. The summed E-state index contributed by atoms with van der Waals surface area (Å²) in [5.41, 5.74) is -0.363. The Balaban J connectivity index is 0.000000202. The molecule has 0 bridgehead atoms. The smallest absolute Gasteiger partial charge is 0.198 e. The normalized spacial score (nSPS) is 19.8. The molecule has 2 aliphatic rings. The molecule has 0 saturated carbocycles. The van der Waals surface area contributed by atoms with Crippen molar-refractivity contribution >= 4 is 5.78 Å². The van der Waals surface area contributed by atoms with E-state index < -0.39 is 5.60 Å². The molecule has 7 nitrogen and oxygen atoms in total. The Kier molecular flexibility index (Phi) is 11.5. The van der Waals surface area contributed by atoms with Crippen molar-refractivity contribution in [2.75, 3.05) is 92.8 Å². The number of Topliss-reactive ketones (excluding diaryl/α,β-unsaturated/α-hetero) is 1. The van der Waals surface area contributed by atoms with Gasteiger partial charge in [0, 0.05) is 71.0 Å². The summed E-state index contributed by atoms with van der Waals surface area (Å²) in [4.78, 5) is 22.0. The highest BCUT2D eigenvalue weighted by Crippen LogP contribution is 2.24. The fourth-order valence-corrected chi connectivity index (χ4v) is 4.40. The van der Waals surface area contributed by atoms with Crippen LogP contribution in [0, 0.1) is 0 Å². The van der Waals surface area contributed by atoms with Crippen molar-refractivity contribution in [1.29, 1.82) is 0 Å². The fourth-order valence-electron chi connectivity index (χ4n) is 4.40. The molecular weight excluding hydrogens is 452 g/mol. The van der Waals surface area contributed by atoms with Gasteiger partial charge in [0.05, 0.1) is 13.2 Å². The van der Waals surface area contributed by atoms with Gasteiger partial charge in [0.15, 0.2) is 5.78 Å². The van der Waals surface area contributed by atoms with Gasteiger partial charge in [-0.2, -0.15) is 0 Å². The van der Waals surface area contributed by atoms with E-state index in [1.54, 1.807) is 36.4 Å².